The Bertz CT molecular complexity index is 3660. The molecule has 9 aromatic rings. The Morgan fingerprint density at radius 1 is 0.575 bits per heavy atom. The molecule has 0 aliphatic heterocycles. The molecule has 0 radical (unpaired) electrons. The third-order valence-corrected chi connectivity index (χ3v) is 15.0. The number of phenolic OH excluding ortho intramolecular Hbond substituents is 1. The summed E-state index contributed by atoms with van der Waals surface area (Å²) in [7, 11) is 0. The number of hydrogen-bond donors (Lipinski definition) is 1. The molecular weight excluding hydrogens is 887 g/mol. The fourth-order valence-corrected chi connectivity index (χ4v) is 10.9. The molecular formula is C69H73N3O. The first-order chi connectivity index (χ1) is 35.6. The van der Waals surface area contributed by atoms with Crippen LogP contribution in [0.25, 0.3) is 72.7 Å². The third-order valence-electron chi connectivity index (χ3n) is 15.0. The van der Waals surface area contributed by atoms with Crippen LogP contribution < -0.4 is 0 Å². The second-order valence-electron chi connectivity index (χ2n) is 23.9. The number of hydrogen-bond acceptors (Lipinski definition) is 3. The summed E-state index contributed by atoms with van der Waals surface area (Å²) >= 11 is 0. The molecule has 0 saturated heterocycles. The number of pyridine rings is 1. The van der Waals surface area contributed by atoms with Crippen LogP contribution in [0.4, 0.5) is 0 Å². The zero-order valence-electron chi connectivity index (χ0n) is 48.2. The van der Waals surface area contributed by atoms with Crippen molar-refractivity contribution in [3.8, 4) is 67.5 Å². The number of rotatable bonds is 9. The average molecular weight is 963 g/mol. The van der Waals surface area contributed by atoms with Gasteiger partial charge < -0.3 is 5.11 Å². The van der Waals surface area contributed by atoms with Gasteiger partial charge >= 0.3 is 0 Å². The Balaban J connectivity index is 1.27. The van der Waals surface area contributed by atoms with E-state index in [4.69, 9.17) is 9.97 Å². The Hall–Kier alpha value is -7.04. The normalized spacial score (nSPS) is 16.0. The van der Waals surface area contributed by atoms with Crippen LogP contribution in [-0.2, 0) is 29.1 Å². The van der Waals surface area contributed by atoms with Crippen LogP contribution in [0.1, 0.15) is 156 Å². The second-order valence-corrected chi connectivity index (χ2v) is 23.9. The molecule has 10 rings (SSSR count). The molecule has 4 heteroatoms. The van der Waals surface area contributed by atoms with Gasteiger partial charge in [-0.15, -0.1) is 0 Å². The highest BCUT2D eigenvalue weighted by Gasteiger charge is 2.32. The first-order valence-corrected chi connectivity index (χ1v) is 26.0. The van der Waals surface area contributed by atoms with Crippen molar-refractivity contribution in [1.82, 2.24) is 14.5 Å². The highest BCUT2D eigenvalue weighted by Crippen LogP contribution is 2.49. The summed E-state index contributed by atoms with van der Waals surface area (Å²) in [6, 6.07) is 53.0. The van der Waals surface area contributed by atoms with E-state index >= 15 is 0 Å². The first-order valence-electron chi connectivity index (χ1n) is 27.5. The van der Waals surface area contributed by atoms with E-state index in [0.29, 0.717) is 24.2 Å². The fourth-order valence-electron chi connectivity index (χ4n) is 10.9. The predicted molar refractivity (Wildman–Crippen MR) is 309 cm³/mol. The Kier molecular flexibility index (Phi) is 11.8. The molecule has 1 aliphatic rings. The van der Waals surface area contributed by atoms with Crippen molar-refractivity contribution >= 4 is 11.0 Å². The van der Waals surface area contributed by atoms with Crippen molar-refractivity contribution in [1.29, 1.82) is 0 Å². The summed E-state index contributed by atoms with van der Waals surface area (Å²) in [5, 5.41) is 12.8. The summed E-state index contributed by atoms with van der Waals surface area (Å²) in [5.74, 6) is -1.81. The number of fused-ring (bicyclic) bond motifs is 2. The lowest BCUT2D eigenvalue weighted by Gasteiger charge is -2.28. The maximum atomic E-state index is 12.8. The zero-order chi connectivity index (χ0) is 54.5. The van der Waals surface area contributed by atoms with Gasteiger partial charge in [-0.2, -0.15) is 0 Å². The van der Waals surface area contributed by atoms with Crippen LogP contribution in [0.15, 0.2) is 158 Å². The largest absolute Gasteiger partial charge is 0.507 e. The summed E-state index contributed by atoms with van der Waals surface area (Å²) in [5.41, 5.74) is 18.2. The molecule has 1 N–H and O–H groups in total. The SMILES string of the molecule is [2H]C(C)(C)c1cccc(C([2H])(C)C)c1-c1ccnc(-c2cc(-c3cccc4c3nc(-c3cc(C(C)(C)C)cc(C(C)(C)C)c3O)n4-c3ccc4c(c3-c3ccccc3)CC([2H])(c3ccccc3)C4)cc(C(C)(C)C)c2)c1. The molecule has 2 aromatic heterocycles. The highest BCUT2D eigenvalue weighted by atomic mass is 16.3. The topological polar surface area (TPSA) is 50.9 Å². The number of phenols is 1. The summed E-state index contributed by atoms with van der Waals surface area (Å²) in [4.78, 5) is 10.8. The molecule has 7 aromatic carbocycles. The van der Waals surface area contributed by atoms with Crippen molar-refractivity contribution in [2.24, 2.45) is 0 Å². The molecule has 1 aliphatic carbocycles. The van der Waals surface area contributed by atoms with Gasteiger partial charge in [0.15, 0.2) is 0 Å². The van der Waals surface area contributed by atoms with E-state index in [9.17, 15) is 9.22 Å². The van der Waals surface area contributed by atoms with Gasteiger partial charge in [-0.25, -0.2) is 4.98 Å². The minimum absolute atomic E-state index is 0.214. The van der Waals surface area contributed by atoms with Gasteiger partial charge in [0, 0.05) is 32.6 Å². The van der Waals surface area contributed by atoms with E-state index in [1.165, 1.54) is 0 Å². The maximum Gasteiger partial charge on any atom is 0.149 e. The van der Waals surface area contributed by atoms with Crippen molar-refractivity contribution < 1.29 is 9.22 Å². The van der Waals surface area contributed by atoms with Gasteiger partial charge in [0.1, 0.15) is 11.6 Å². The van der Waals surface area contributed by atoms with Crippen LogP contribution in [-0.4, -0.2) is 19.6 Å². The number of para-hydroxylation sites is 1. The Morgan fingerprint density at radius 3 is 1.85 bits per heavy atom. The lowest BCUT2D eigenvalue weighted by atomic mass is 9.79. The minimum atomic E-state index is -0.907. The van der Waals surface area contributed by atoms with Gasteiger partial charge in [-0.05, 0) is 150 Å². The molecule has 73 heavy (non-hydrogen) atoms. The van der Waals surface area contributed by atoms with E-state index in [1.54, 1.807) is 0 Å². The third kappa shape index (κ3) is 9.35. The van der Waals surface area contributed by atoms with E-state index in [1.807, 2.05) is 76.4 Å². The van der Waals surface area contributed by atoms with Crippen LogP contribution in [0.2, 0.25) is 0 Å². The Morgan fingerprint density at radius 2 is 1.21 bits per heavy atom. The van der Waals surface area contributed by atoms with Gasteiger partial charge in [0.05, 0.1) is 28.0 Å². The van der Waals surface area contributed by atoms with Crippen molar-refractivity contribution in [2.45, 2.75) is 137 Å². The number of imidazole rings is 1. The van der Waals surface area contributed by atoms with Crippen molar-refractivity contribution in [3.63, 3.8) is 0 Å². The lowest BCUT2D eigenvalue weighted by molar-refractivity contribution is 0.446. The van der Waals surface area contributed by atoms with Crippen LogP contribution in [0.5, 0.6) is 5.75 Å². The molecule has 2 heterocycles. The zero-order valence-corrected chi connectivity index (χ0v) is 45.2. The summed E-state index contributed by atoms with van der Waals surface area (Å²) < 4.78 is 30.7. The van der Waals surface area contributed by atoms with Crippen LogP contribution >= 0.6 is 0 Å². The molecule has 1 unspecified atom stereocenters. The summed E-state index contributed by atoms with van der Waals surface area (Å²) in [6.07, 6.45) is 3.00. The molecule has 1 atom stereocenters. The van der Waals surface area contributed by atoms with E-state index < -0.39 is 17.7 Å². The number of aromatic hydroxyl groups is 1. The number of nitrogens with zero attached hydrogens (tertiary/aromatic N) is 3. The maximum absolute atomic E-state index is 12.8. The minimum Gasteiger partial charge on any atom is -0.507 e. The van der Waals surface area contributed by atoms with Crippen LogP contribution in [0, 0.1) is 0 Å². The van der Waals surface area contributed by atoms with Crippen molar-refractivity contribution in [3.05, 3.63) is 202 Å². The standard InChI is InChI=1S/C69H73N3O/c1-42(2)53-26-20-27-54(43(3)4)62(53)47-32-33-70-59(39-47)50-35-49(36-51(37-50)67(5,6)7)55-28-21-29-61-64(55)71-66(57-40-52(68(8,9)10)41-58(65(57)73)69(11,12)13)72(61)60-31-30-46-34-48(44-22-16-14-17-23-44)38-56(46)63(60)45-24-18-15-19-25-45/h14-33,35-37,39-43,48,73H,34,38H2,1-13H3/i42D,43D,48D. The number of aromatic nitrogens is 3. The van der Waals surface area contributed by atoms with Gasteiger partial charge in [0.2, 0.25) is 0 Å². The van der Waals surface area contributed by atoms with Crippen LogP contribution in [0.3, 0.4) is 0 Å². The molecule has 0 bridgehead atoms. The molecule has 370 valence electrons. The molecule has 0 spiro atoms. The van der Waals surface area contributed by atoms with E-state index in [2.05, 4.69) is 176 Å². The van der Waals surface area contributed by atoms with Gasteiger partial charge in [-0.3, -0.25) is 9.55 Å². The Labute approximate surface area is 439 Å². The fraction of sp³-hybridized carbons (Fsp3) is 0.304. The predicted octanol–water partition coefficient (Wildman–Crippen LogP) is 18.5. The van der Waals surface area contributed by atoms with E-state index in [0.717, 1.165) is 106 Å². The van der Waals surface area contributed by atoms with E-state index in [-0.39, 0.29) is 22.0 Å². The first kappa shape index (κ1) is 45.8. The smallest absolute Gasteiger partial charge is 0.149 e. The van der Waals surface area contributed by atoms with Gasteiger partial charge in [0.25, 0.3) is 0 Å². The second kappa shape index (κ2) is 18.8. The summed E-state index contributed by atoms with van der Waals surface area (Å²) in [6.45, 7) is 27.5. The molecule has 0 fully saturated rings. The molecule has 0 amide bonds. The number of benzene rings is 7. The average Bonchev–Trinajstić information content (AvgIpc) is 3.93. The molecule has 0 saturated carbocycles. The lowest BCUT2D eigenvalue weighted by Crippen LogP contribution is -2.17. The molecule has 4 nitrogen and oxygen atoms in total. The van der Waals surface area contributed by atoms with Gasteiger partial charge in [-0.1, -0.05) is 199 Å². The quantitative estimate of drug-likeness (QED) is 0.157. The highest BCUT2D eigenvalue weighted by molar-refractivity contribution is 5.98. The monoisotopic (exact) mass is 963 g/mol. The van der Waals surface area contributed by atoms with Crippen molar-refractivity contribution in [2.75, 3.05) is 0 Å².